The first-order valence-corrected chi connectivity index (χ1v) is 14.1. The predicted molar refractivity (Wildman–Crippen MR) is 152 cm³/mol. The summed E-state index contributed by atoms with van der Waals surface area (Å²) in [4.78, 5) is 30.6. The molecule has 0 saturated heterocycles. The number of hydrogen-bond donors (Lipinski definition) is 2. The quantitative estimate of drug-likeness (QED) is 0.347. The van der Waals surface area contributed by atoms with E-state index in [0.717, 1.165) is 27.1 Å². The Morgan fingerprint density at radius 2 is 1.90 bits per heavy atom. The first-order chi connectivity index (χ1) is 18.9. The molecule has 1 saturated carbocycles. The molecule has 3 N–H and O–H groups in total. The Balaban J connectivity index is 1.32. The summed E-state index contributed by atoms with van der Waals surface area (Å²) in [5, 5.41) is 12.7. The second-order valence-electron chi connectivity index (χ2n) is 10.5. The van der Waals surface area contributed by atoms with Gasteiger partial charge in [0, 0.05) is 42.5 Å². The highest BCUT2D eigenvalue weighted by molar-refractivity contribution is 9.10. The van der Waals surface area contributed by atoms with Crippen molar-refractivity contribution in [2.75, 3.05) is 25.4 Å². The van der Waals surface area contributed by atoms with E-state index in [1.165, 1.54) is 24.5 Å². The van der Waals surface area contributed by atoms with Gasteiger partial charge in [-0.25, -0.2) is 4.68 Å². The molecule has 1 fully saturated rings. The number of halogens is 1. The first kappa shape index (κ1) is 24.1. The molecule has 7 rings (SSSR count). The van der Waals surface area contributed by atoms with Crippen LogP contribution in [0.15, 0.2) is 53.5 Å². The number of nitrogen functional groups attached to an aromatic ring is 1. The Morgan fingerprint density at radius 3 is 2.64 bits per heavy atom. The van der Waals surface area contributed by atoms with E-state index in [0.29, 0.717) is 54.9 Å². The fourth-order valence-electron chi connectivity index (χ4n) is 6.14. The molecule has 2 amide bonds. The Morgan fingerprint density at radius 1 is 1.10 bits per heavy atom. The minimum atomic E-state index is -0.339. The van der Waals surface area contributed by atoms with Crippen LogP contribution in [0, 0.1) is 0 Å². The van der Waals surface area contributed by atoms with Crippen molar-refractivity contribution in [1.82, 2.24) is 29.8 Å². The van der Waals surface area contributed by atoms with E-state index in [1.807, 2.05) is 15.6 Å². The van der Waals surface area contributed by atoms with E-state index < -0.39 is 0 Å². The smallest absolute Gasteiger partial charge is 0.255 e. The molecule has 39 heavy (non-hydrogen) atoms. The number of aromatic nitrogens is 4. The number of fused-ring (bicyclic) bond motifs is 1. The van der Waals surface area contributed by atoms with Crippen LogP contribution in [0.5, 0.6) is 0 Å². The molecule has 9 nitrogen and oxygen atoms in total. The third-order valence-corrected chi connectivity index (χ3v) is 8.93. The number of aromatic amines is 1. The van der Waals surface area contributed by atoms with Gasteiger partial charge in [-0.2, -0.15) is 10.2 Å². The predicted octanol–water partition coefficient (Wildman–Crippen LogP) is 4.28. The summed E-state index contributed by atoms with van der Waals surface area (Å²) in [5.74, 6) is 0.684. The lowest BCUT2D eigenvalue weighted by molar-refractivity contribution is -0.126. The molecule has 2 aromatic carbocycles. The molecular formula is C29H28BrN7O2. The fraction of sp³-hybridized carbons (Fsp3) is 0.310. The number of nitrogens with two attached hydrogens (primary N) is 1. The molecule has 0 spiro atoms. The normalized spacial score (nSPS) is 18.6. The van der Waals surface area contributed by atoms with Crippen molar-refractivity contribution >= 4 is 44.5 Å². The van der Waals surface area contributed by atoms with Gasteiger partial charge < -0.3 is 15.5 Å². The fourth-order valence-corrected chi connectivity index (χ4v) is 6.56. The Hall–Kier alpha value is -3.92. The number of amides is 2. The van der Waals surface area contributed by atoms with E-state index in [9.17, 15) is 9.59 Å². The molecule has 1 atom stereocenters. The first-order valence-electron chi connectivity index (χ1n) is 13.3. The molecule has 0 radical (unpaired) electrons. The summed E-state index contributed by atoms with van der Waals surface area (Å²) in [7, 11) is 0. The third-order valence-electron chi connectivity index (χ3n) is 8.27. The second kappa shape index (κ2) is 9.08. The number of benzene rings is 2. The summed E-state index contributed by atoms with van der Waals surface area (Å²) in [6.07, 6.45) is 5.14. The maximum absolute atomic E-state index is 14.2. The lowest BCUT2D eigenvalue weighted by Gasteiger charge is -2.38. The van der Waals surface area contributed by atoms with Gasteiger partial charge in [0.05, 0.1) is 39.6 Å². The molecule has 10 heteroatoms. The average molecular weight is 586 g/mol. The highest BCUT2D eigenvalue weighted by Gasteiger charge is 2.40. The highest BCUT2D eigenvalue weighted by Crippen LogP contribution is 2.41. The molecule has 3 aliphatic rings. The molecule has 2 aromatic heterocycles. The number of carbonyl (C=O) groups is 2. The van der Waals surface area contributed by atoms with Crippen LogP contribution in [0.25, 0.3) is 16.6 Å². The van der Waals surface area contributed by atoms with Crippen molar-refractivity contribution in [3.63, 3.8) is 0 Å². The minimum absolute atomic E-state index is 0.142. The van der Waals surface area contributed by atoms with Gasteiger partial charge in [0.2, 0.25) is 5.91 Å². The van der Waals surface area contributed by atoms with Crippen molar-refractivity contribution in [2.45, 2.75) is 37.6 Å². The van der Waals surface area contributed by atoms with Crippen LogP contribution >= 0.6 is 15.9 Å². The Kier molecular flexibility index (Phi) is 5.62. The van der Waals surface area contributed by atoms with Crippen LogP contribution in [0.1, 0.15) is 57.7 Å². The van der Waals surface area contributed by atoms with E-state index in [1.54, 1.807) is 11.0 Å². The number of nitrogens with one attached hydrogen (secondary N) is 1. The van der Waals surface area contributed by atoms with Crippen LogP contribution in [0.4, 0.5) is 5.82 Å². The van der Waals surface area contributed by atoms with E-state index in [4.69, 9.17) is 10.8 Å². The maximum Gasteiger partial charge on any atom is 0.255 e. The lowest BCUT2D eigenvalue weighted by atomic mass is 9.94. The molecule has 0 bridgehead atoms. The molecular weight excluding hydrogens is 558 g/mol. The van der Waals surface area contributed by atoms with E-state index in [-0.39, 0.29) is 23.7 Å². The molecule has 4 aromatic rings. The van der Waals surface area contributed by atoms with Gasteiger partial charge in [-0.15, -0.1) is 0 Å². The van der Waals surface area contributed by atoms with E-state index in [2.05, 4.69) is 57.0 Å². The number of carbonyl (C=O) groups excluding carboxylic acids is 2. The topological polar surface area (TPSA) is 113 Å². The second-order valence-corrected chi connectivity index (χ2v) is 11.4. The van der Waals surface area contributed by atoms with Crippen LogP contribution in [-0.2, 0) is 17.6 Å². The number of H-pyrrole nitrogens is 1. The molecule has 2 aliphatic heterocycles. The molecule has 1 aliphatic carbocycles. The largest absolute Gasteiger partial charge is 0.382 e. The summed E-state index contributed by atoms with van der Waals surface area (Å²) >= 11 is 3.52. The van der Waals surface area contributed by atoms with Gasteiger partial charge in [-0.05, 0) is 70.6 Å². The van der Waals surface area contributed by atoms with Crippen LogP contribution in [-0.4, -0.2) is 61.2 Å². The summed E-state index contributed by atoms with van der Waals surface area (Å²) < 4.78 is 2.83. The Labute approximate surface area is 233 Å². The lowest BCUT2D eigenvalue weighted by Crippen LogP contribution is -2.45. The summed E-state index contributed by atoms with van der Waals surface area (Å²) in [6.45, 7) is 5.08. The number of anilines is 1. The van der Waals surface area contributed by atoms with Gasteiger partial charge in [0.25, 0.3) is 5.91 Å². The maximum atomic E-state index is 14.2. The zero-order valence-corrected chi connectivity index (χ0v) is 22.9. The third kappa shape index (κ3) is 3.88. The van der Waals surface area contributed by atoms with Gasteiger partial charge >= 0.3 is 0 Å². The SMILES string of the molecule is C=CC(=O)N1CCc2nn(-c3ccc(C4CC4)cc3)c3c2[C@H](C1)N(C(=O)c1ccc(Br)c2[nH]nc(N)c12)CC3. The van der Waals surface area contributed by atoms with Gasteiger partial charge in [-0.3, -0.25) is 14.7 Å². The zero-order valence-electron chi connectivity index (χ0n) is 21.4. The number of rotatable bonds is 4. The molecule has 4 heterocycles. The highest BCUT2D eigenvalue weighted by atomic mass is 79.9. The average Bonchev–Trinajstić information content (AvgIpc) is 3.68. The number of nitrogens with zero attached hydrogens (tertiary/aromatic N) is 5. The standard InChI is InChI=1S/C29H28BrN7O2/c1-2-24(38)35-13-11-21-26-22(37(34-21)18-7-5-17(6-8-18)16-3-4-16)12-14-36(23(26)15-35)29(39)19-9-10-20(30)27-25(19)28(31)33-32-27/h2,5-10,16,23H,1,3-4,11-15H2,(H3,31,32,33)/t23-/m0/s1. The van der Waals surface area contributed by atoms with Crippen molar-refractivity contribution in [1.29, 1.82) is 0 Å². The monoisotopic (exact) mass is 585 g/mol. The Bertz CT molecular complexity index is 1650. The van der Waals surface area contributed by atoms with Crippen LogP contribution in [0.2, 0.25) is 0 Å². The van der Waals surface area contributed by atoms with E-state index >= 15 is 0 Å². The number of hydrogen-bond acceptors (Lipinski definition) is 5. The van der Waals surface area contributed by atoms with Gasteiger partial charge in [-0.1, -0.05) is 18.7 Å². The van der Waals surface area contributed by atoms with Gasteiger partial charge in [0.1, 0.15) is 0 Å². The minimum Gasteiger partial charge on any atom is -0.382 e. The molecule has 0 unspecified atom stereocenters. The van der Waals surface area contributed by atoms with Crippen molar-refractivity contribution in [3.05, 3.63) is 81.6 Å². The zero-order chi connectivity index (χ0) is 26.8. The van der Waals surface area contributed by atoms with Crippen molar-refractivity contribution < 1.29 is 9.59 Å². The van der Waals surface area contributed by atoms with Crippen LogP contribution < -0.4 is 5.73 Å². The summed E-state index contributed by atoms with van der Waals surface area (Å²) in [5.41, 5.74) is 12.9. The van der Waals surface area contributed by atoms with Gasteiger partial charge in [0.15, 0.2) is 5.82 Å². The van der Waals surface area contributed by atoms with Crippen molar-refractivity contribution in [2.24, 2.45) is 0 Å². The van der Waals surface area contributed by atoms with Crippen LogP contribution in [0.3, 0.4) is 0 Å². The van der Waals surface area contributed by atoms with Crippen molar-refractivity contribution in [3.8, 4) is 5.69 Å². The summed E-state index contributed by atoms with van der Waals surface area (Å²) in [6, 6.07) is 12.0. The molecule has 198 valence electrons.